The van der Waals surface area contributed by atoms with Gasteiger partial charge in [-0.25, -0.2) is 9.59 Å². The minimum atomic E-state index is -2.04. The lowest BCUT2D eigenvalue weighted by Gasteiger charge is -2.38. The first-order chi connectivity index (χ1) is 15.6. The molecule has 0 aliphatic carbocycles. The number of hydrogen-bond acceptors (Lipinski definition) is 5. The van der Waals surface area contributed by atoms with Crippen molar-refractivity contribution in [3.63, 3.8) is 0 Å². The fraction of sp³-hybridized carbons (Fsp3) is 0.630. The highest BCUT2D eigenvalue weighted by molar-refractivity contribution is 6.74. The van der Waals surface area contributed by atoms with Crippen molar-refractivity contribution >= 4 is 20.4 Å². The molecule has 1 aromatic carbocycles. The normalized spacial score (nSPS) is 14.5. The van der Waals surface area contributed by atoms with E-state index in [-0.39, 0.29) is 23.0 Å². The van der Waals surface area contributed by atoms with Crippen LogP contribution in [-0.2, 0) is 18.7 Å². The van der Waals surface area contributed by atoms with Gasteiger partial charge in [0.25, 0.3) is 0 Å². The first-order valence-electron chi connectivity index (χ1n) is 12.1. The molecular weight excluding hydrogens is 446 g/mol. The minimum Gasteiger partial charge on any atom is -0.463 e. The molecule has 6 nitrogen and oxygen atoms in total. The highest BCUT2D eigenvalue weighted by Crippen LogP contribution is 2.38. The summed E-state index contributed by atoms with van der Waals surface area (Å²) in [5, 5.41) is 3.14. The van der Waals surface area contributed by atoms with Crippen LogP contribution >= 0.6 is 0 Å². The summed E-state index contributed by atoms with van der Waals surface area (Å²) in [6.45, 7) is 21.1. The molecule has 0 spiro atoms. The fourth-order valence-electron chi connectivity index (χ4n) is 3.18. The van der Waals surface area contributed by atoms with Gasteiger partial charge in [0, 0.05) is 18.6 Å². The van der Waals surface area contributed by atoms with E-state index in [4.69, 9.17) is 13.9 Å². The smallest absolute Gasteiger partial charge is 0.408 e. The van der Waals surface area contributed by atoms with Crippen LogP contribution in [0.3, 0.4) is 0 Å². The largest absolute Gasteiger partial charge is 0.463 e. The van der Waals surface area contributed by atoms with Gasteiger partial charge in [-0.2, -0.15) is 0 Å². The van der Waals surface area contributed by atoms with Gasteiger partial charge in [-0.15, -0.1) is 0 Å². The molecule has 0 heterocycles. The maximum Gasteiger partial charge on any atom is 0.408 e. The van der Waals surface area contributed by atoms with Gasteiger partial charge in [-0.3, -0.25) is 0 Å². The van der Waals surface area contributed by atoms with Crippen molar-refractivity contribution in [3.8, 4) is 0 Å². The van der Waals surface area contributed by atoms with Crippen LogP contribution in [0.15, 0.2) is 36.4 Å². The van der Waals surface area contributed by atoms with Gasteiger partial charge in [0.15, 0.2) is 8.32 Å². The van der Waals surface area contributed by atoms with Crippen molar-refractivity contribution in [1.82, 2.24) is 5.32 Å². The lowest BCUT2D eigenvalue weighted by atomic mass is 9.88. The van der Waals surface area contributed by atoms with Gasteiger partial charge in [0.05, 0.1) is 12.6 Å². The zero-order chi connectivity index (χ0) is 26.2. The molecule has 2 atom stereocenters. The standard InChI is InChI=1S/C27H45NO5Si/c1-11-31-23(29)18-14-16-21(19-32-34(9,10)27(6,7)8)24(22-17-13-12-15-20(22)2)28-25(30)33-26(3,4)5/h12-15,17-18,21,24H,11,16,19H2,1-10H3,(H,28,30)/b18-14+/t21-,24+/m1/s1. The molecule has 0 bridgehead atoms. The summed E-state index contributed by atoms with van der Waals surface area (Å²) in [6, 6.07) is 7.63. The predicted octanol–water partition coefficient (Wildman–Crippen LogP) is 6.71. The molecule has 0 aliphatic rings. The summed E-state index contributed by atoms with van der Waals surface area (Å²) in [5.74, 6) is -0.493. The van der Waals surface area contributed by atoms with Crippen molar-refractivity contribution < 1.29 is 23.5 Å². The minimum absolute atomic E-state index is 0.0507. The van der Waals surface area contributed by atoms with Crippen molar-refractivity contribution in [1.29, 1.82) is 0 Å². The van der Waals surface area contributed by atoms with E-state index in [1.54, 1.807) is 13.0 Å². The molecule has 0 saturated heterocycles. The average Bonchev–Trinajstić information content (AvgIpc) is 2.67. The monoisotopic (exact) mass is 491 g/mol. The van der Waals surface area contributed by atoms with Crippen LogP contribution < -0.4 is 5.32 Å². The molecule has 34 heavy (non-hydrogen) atoms. The summed E-state index contributed by atoms with van der Waals surface area (Å²) in [5.41, 5.74) is 1.45. The third kappa shape index (κ3) is 10.0. The third-order valence-corrected chi connectivity index (χ3v) is 10.6. The molecule has 7 heteroatoms. The lowest BCUT2D eigenvalue weighted by Crippen LogP contribution is -2.44. The molecule has 0 aliphatic heterocycles. The Balaban J connectivity index is 3.33. The van der Waals surface area contributed by atoms with Gasteiger partial charge in [0.2, 0.25) is 0 Å². The van der Waals surface area contributed by atoms with Crippen LogP contribution in [0.5, 0.6) is 0 Å². The lowest BCUT2D eigenvalue weighted by molar-refractivity contribution is -0.137. The molecule has 1 rings (SSSR count). The number of allylic oxidation sites excluding steroid dienone is 1. The van der Waals surface area contributed by atoms with Crippen LogP contribution in [0.25, 0.3) is 0 Å². The van der Waals surface area contributed by atoms with Crippen molar-refractivity contribution in [2.75, 3.05) is 13.2 Å². The van der Waals surface area contributed by atoms with E-state index in [1.165, 1.54) is 6.08 Å². The summed E-state index contributed by atoms with van der Waals surface area (Å²) < 4.78 is 17.2. The second-order valence-corrected chi connectivity index (χ2v) is 16.0. The first-order valence-corrected chi connectivity index (χ1v) is 15.0. The zero-order valence-corrected chi connectivity index (χ0v) is 23.8. The molecule has 1 aromatic rings. The molecule has 1 N–H and O–H groups in total. The SMILES string of the molecule is CCOC(=O)/C=C/C[C@H](CO[Si](C)(C)C(C)(C)C)[C@H](NC(=O)OC(C)(C)C)c1ccccc1C. The number of esters is 1. The Kier molecular flexibility index (Phi) is 11.0. The number of rotatable bonds is 10. The molecule has 0 unspecified atom stereocenters. The van der Waals surface area contributed by atoms with Crippen LogP contribution in [-0.4, -0.2) is 39.2 Å². The van der Waals surface area contributed by atoms with Crippen LogP contribution in [0.1, 0.15) is 72.1 Å². The number of ether oxygens (including phenoxy) is 2. The molecule has 0 aromatic heterocycles. The fourth-order valence-corrected chi connectivity index (χ4v) is 4.25. The molecular formula is C27H45NO5Si. The highest BCUT2D eigenvalue weighted by Gasteiger charge is 2.38. The molecule has 1 amide bonds. The maximum absolute atomic E-state index is 12.8. The summed E-state index contributed by atoms with van der Waals surface area (Å²) >= 11 is 0. The molecule has 0 radical (unpaired) electrons. The van der Waals surface area contributed by atoms with Crippen LogP contribution in [0.2, 0.25) is 18.1 Å². The van der Waals surface area contributed by atoms with Gasteiger partial charge >= 0.3 is 12.1 Å². The van der Waals surface area contributed by atoms with Crippen molar-refractivity contribution in [2.45, 2.75) is 91.6 Å². The summed E-state index contributed by atoms with van der Waals surface area (Å²) in [7, 11) is -2.04. The van der Waals surface area contributed by atoms with E-state index in [0.29, 0.717) is 19.6 Å². The quantitative estimate of drug-likeness (QED) is 0.224. The van der Waals surface area contributed by atoms with E-state index in [9.17, 15) is 9.59 Å². The topological polar surface area (TPSA) is 73.9 Å². The maximum atomic E-state index is 12.8. The third-order valence-electron chi connectivity index (χ3n) is 6.11. The Labute approximate surface area is 207 Å². The van der Waals surface area contributed by atoms with Crippen molar-refractivity contribution in [3.05, 3.63) is 47.5 Å². The van der Waals surface area contributed by atoms with Gasteiger partial charge < -0.3 is 19.2 Å². The number of alkyl carbamates (subject to hydrolysis) is 1. The van der Waals surface area contributed by atoms with Crippen molar-refractivity contribution in [2.24, 2.45) is 5.92 Å². The number of carbonyl (C=O) groups excluding carboxylic acids is 2. The number of aryl methyl sites for hydroxylation is 1. The van der Waals surface area contributed by atoms with E-state index in [2.05, 4.69) is 39.2 Å². The predicted molar refractivity (Wildman–Crippen MR) is 140 cm³/mol. The van der Waals surface area contributed by atoms with Crippen LogP contribution in [0, 0.1) is 12.8 Å². The second kappa shape index (κ2) is 12.5. The zero-order valence-electron chi connectivity index (χ0n) is 22.8. The number of nitrogens with one attached hydrogen (secondary N) is 1. The Bertz CT molecular complexity index is 836. The van der Waals surface area contributed by atoms with E-state index >= 15 is 0 Å². The Morgan fingerprint density at radius 3 is 2.24 bits per heavy atom. The second-order valence-electron chi connectivity index (χ2n) is 11.2. The number of carbonyl (C=O) groups is 2. The number of benzene rings is 1. The van der Waals surface area contributed by atoms with Gasteiger partial charge in [-0.1, -0.05) is 51.1 Å². The molecule has 0 fully saturated rings. The van der Waals surface area contributed by atoms with Gasteiger partial charge in [-0.05, 0) is 70.3 Å². The Morgan fingerprint density at radius 2 is 1.71 bits per heavy atom. The van der Waals surface area contributed by atoms with E-state index < -0.39 is 20.0 Å². The Morgan fingerprint density at radius 1 is 1.09 bits per heavy atom. The molecule has 192 valence electrons. The van der Waals surface area contributed by atoms with Crippen LogP contribution in [0.4, 0.5) is 4.79 Å². The summed E-state index contributed by atoms with van der Waals surface area (Å²) in [6.07, 6.45) is 3.31. The highest BCUT2D eigenvalue weighted by atomic mass is 28.4. The first kappa shape index (κ1) is 29.9. The molecule has 0 saturated carbocycles. The number of hydrogen-bond donors (Lipinski definition) is 1. The summed E-state index contributed by atoms with van der Waals surface area (Å²) in [4.78, 5) is 24.7. The van der Waals surface area contributed by atoms with Gasteiger partial charge in [0.1, 0.15) is 5.60 Å². The van der Waals surface area contributed by atoms with E-state index in [1.807, 2.05) is 52.0 Å². The van der Waals surface area contributed by atoms with E-state index in [0.717, 1.165) is 11.1 Å². The Hall–Kier alpha value is -2.12. The number of amides is 1. The average molecular weight is 492 g/mol.